The zero-order valence-corrected chi connectivity index (χ0v) is 29.4. The van der Waals surface area contributed by atoms with Crippen LogP contribution in [0.25, 0.3) is 22.3 Å². The average Bonchev–Trinajstić information content (AvgIpc) is 3.45. The lowest BCUT2D eigenvalue weighted by molar-refractivity contribution is 0.0909. The monoisotopic (exact) mass is 686 g/mol. The van der Waals surface area contributed by atoms with Gasteiger partial charge in [-0.3, -0.25) is 9.78 Å². The zero-order chi connectivity index (χ0) is 34.4. The van der Waals surface area contributed by atoms with E-state index in [0.717, 1.165) is 72.2 Å². The standard InChI is InChI=1S/C35H46N8O5Si/c1-49(2,3)18-17-48-23-43-31(21-29-32(37-22-38-33(29)43)42-13-15-47-16-14-42)24-7-9-25(10-8-24)40-34(44)30-20-28(11-12-36-30)39-26-5-4-6-27(19-26)41-35(45)46/h7-12,20-22,26-27,41H,4-6,13-19,23H2,1-3H3,(H,36,39)(H,40,44)(H,45,46)/t26-,27+/m0/s1. The summed E-state index contributed by atoms with van der Waals surface area (Å²) < 4.78 is 13.9. The summed E-state index contributed by atoms with van der Waals surface area (Å²) in [6.45, 7) is 11.0. The SMILES string of the molecule is C[Si](C)(C)CCOCn1c(-c2ccc(NC(=O)c3cc(N[C@H]4CCC[C@@H](NC(=O)O)C4)ccn3)cc2)cc2c(N3CCOCC3)ncnc21. The number of benzene rings is 1. The van der Waals surface area contributed by atoms with Gasteiger partial charge in [-0.2, -0.15) is 0 Å². The van der Waals surface area contributed by atoms with Crippen LogP contribution in [-0.2, 0) is 16.2 Å². The average molecular weight is 687 g/mol. The smallest absolute Gasteiger partial charge is 0.404 e. The molecule has 3 aromatic heterocycles. The highest BCUT2D eigenvalue weighted by molar-refractivity contribution is 6.76. The minimum atomic E-state index is -1.25. The van der Waals surface area contributed by atoms with Crippen molar-refractivity contribution in [1.29, 1.82) is 0 Å². The van der Waals surface area contributed by atoms with Gasteiger partial charge in [0.2, 0.25) is 0 Å². The molecule has 2 aliphatic rings. The summed E-state index contributed by atoms with van der Waals surface area (Å²) in [4.78, 5) is 40.2. The number of fused-ring (bicyclic) bond motifs is 1. The number of pyridine rings is 1. The summed E-state index contributed by atoms with van der Waals surface area (Å²) in [6.07, 6.45) is 5.59. The van der Waals surface area contributed by atoms with E-state index >= 15 is 0 Å². The molecule has 0 bridgehead atoms. The van der Waals surface area contributed by atoms with Crippen molar-refractivity contribution in [2.45, 2.75) is 70.2 Å². The lowest BCUT2D eigenvalue weighted by atomic mass is 9.91. The van der Waals surface area contributed by atoms with Crippen LogP contribution in [0.2, 0.25) is 25.7 Å². The molecule has 260 valence electrons. The molecular weight excluding hydrogens is 641 g/mol. The van der Waals surface area contributed by atoms with Crippen LogP contribution in [0, 0.1) is 0 Å². The molecule has 6 rings (SSSR count). The van der Waals surface area contributed by atoms with E-state index in [0.29, 0.717) is 38.7 Å². The quantitative estimate of drug-likeness (QED) is 0.105. The van der Waals surface area contributed by atoms with Crippen LogP contribution in [0.3, 0.4) is 0 Å². The van der Waals surface area contributed by atoms with E-state index in [2.05, 4.69) is 66.1 Å². The van der Waals surface area contributed by atoms with E-state index in [1.54, 1.807) is 18.6 Å². The number of nitrogens with one attached hydrogen (secondary N) is 3. The third kappa shape index (κ3) is 8.93. The zero-order valence-electron chi connectivity index (χ0n) is 28.4. The predicted molar refractivity (Wildman–Crippen MR) is 193 cm³/mol. The molecule has 13 nitrogen and oxygen atoms in total. The van der Waals surface area contributed by atoms with E-state index in [-0.39, 0.29) is 23.7 Å². The Kier molecular flexibility index (Phi) is 10.8. The summed E-state index contributed by atoms with van der Waals surface area (Å²) in [7, 11) is -1.25. The van der Waals surface area contributed by atoms with Crippen LogP contribution in [0.15, 0.2) is 55.0 Å². The second-order valence-electron chi connectivity index (χ2n) is 14.0. The van der Waals surface area contributed by atoms with Gasteiger partial charge in [0.25, 0.3) is 5.91 Å². The normalized spacial score (nSPS) is 18.3. The number of anilines is 3. The summed E-state index contributed by atoms with van der Waals surface area (Å²) in [5.74, 6) is 0.574. The number of rotatable bonds is 12. The van der Waals surface area contributed by atoms with Crippen LogP contribution in [-0.4, -0.2) is 89.7 Å². The van der Waals surface area contributed by atoms with Crippen molar-refractivity contribution < 1.29 is 24.2 Å². The lowest BCUT2D eigenvalue weighted by Crippen LogP contribution is -2.41. The Morgan fingerprint density at radius 3 is 2.53 bits per heavy atom. The molecule has 1 saturated carbocycles. The van der Waals surface area contributed by atoms with Gasteiger partial charge in [0.05, 0.1) is 24.3 Å². The number of hydrogen-bond donors (Lipinski definition) is 4. The molecule has 4 aromatic rings. The molecule has 2 atom stereocenters. The minimum Gasteiger partial charge on any atom is -0.465 e. The van der Waals surface area contributed by atoms with Crippen LogP contribution in [0.5, 0.6) is 0 Å². The first-order valence-electron chi connectivity index (χ1n) is 17.0. The van der Waals surface area contributed by atoms with Crippen LogP contribution >= 0.6 is 0 Å². The maximum atomic E-state index is 13.2. The van der Waals surface area contributed by atoms with Gasteiger partial charge in [-0.25, -0.2) is 14.8 Å². The molecule has 4 N–H and O–H groups in total. The molecule has 4 heterocycles. The fraction of sp³-hybridized carbons (Fsp3) is 0.457. The molecule has 1 aliphatic heterocycles. The van der Waals surface area contributed by atoms with Gasteiger partial charge in [-0.15, -0.1) is 0 Å². The molecule has 1 aliphatic carbocycles. The van der Waals surface area contributed by atoms with E-state index in [1.807, 2.05) is 30.3 Å². The molecule has 14 heteroatoms. The van der Waals surface area contributed by atoms with Crippen LogP contribution in [0.1, 0.15) is 36.2 Å². The Morgan fingerprint density at radius 2 is 1.78 bits per heavy atom. The van der Waals surface area contributed by atoms with Gasteiger partial charge in [0, 0.05) is 57.4 Å². The highest BCUT2D eigenvalue weighted by atomic mass is 28.3. The van der Waals surface area contributed by atoms with Crippen molar-refractivity contribution in [3.8, 4) is 11.3 Å². The molecule has 49 heavy (non-hydrogen) atoms. The Bertz CT molecular complexity index is 1750. The van der Waals surface area contributed by atoms with Crippen molar-refractivity contribution >= 4 is 48.3 Å². The van der Waals surface area contributed by atoms with E-state index in [9.17, 15) is 9.59 Å². The van der Waals surface area contributed by atoms with Gasteiger partial charge in [0.15, 0.2) is 0 Å². The first-order chi connectivity index (χ1) is 23.6. The van der Waals surface area contributed by atoms with Crippen molar-refractivity contribution in [3.63, 3.8) is 0 Å². The van der Waals surface area contributed by atoms with Crippen LogP contribution < -0.4 is 20.9 Å². The van der Waals surface area contributed by atoms with Crippen LogP contribution in [0.4, 0.5) is 22.0 Å². The summed E-state index contributed by atoms with van der Waals surface area (Å²) in [6, 6.07) is 14.5. The lowest BCUT2D eigenvalue weighted by Gasteiger charge is -2.30. The van der Waals surface area contributed by atoms with Crippen molar-refractivity contribution in [2.75, 3.05) is 48.4 Å². The Labute approximate surface area is 287 Å². The summed E-state index contributed by atoms with van der Waals surface area (Å²) >= 11 is 0. The van der Waals surface area contributed by atoms with Gasteiger partial charge >= 0.3 is 6.09 Å². The van der Waals surface area contributed by atoms with Gasteiger partial charge in [0.1, 0.15) is 30.2 Å². The fourth-order valence-electron chi connectivity index (χ4n) is 6.41. The first kappa shape index (κ1) is 34.3. The van der Waals surface area contributed by atoms with Crippen molar-refractivity contribution in [2.24, 2.45) is 0 Å². The fourth-order valence-corrected chi connectivity index (χ4v) is 7.16. The maximum Gasteiger partial charge on any atom is 0.404 e. The Hall–Kier alpha value is -4.53. The minimum absolute atomic E-state index is 0.0835. The second-order valence-corrected chi connectivity index (χ2v) is 19.6. The third-order valence-corrected chi connectivity index (χ3v) is 10.7. The highest BCUT2D eigenvalue weighted by Crippen LogP contribution is 2.33. The van der Waals surface area contributed by atoms with Crippen molar-refractivity contribution in [1.82, 2.24) is 24.8 Å². The molecule has 2 fully saturated rings. The first-order valence-corrected chi connectivity index (χ1v) is 20.7. The number of carboxylic acid groups (broad SMARTS) is 1. The molecule has 0 radical (unpaired) electrons. The van der Waals surface area contributed by atoms with E-state index in [1.165, 1.54) is 0 Å². The highest BCUT2D eigenvalue weighted by Gasteiger charge is 2.24. The topological polar surface area (TPSA) is 156 Å². The third-order valence-electron chi connectivity index (χ3n) is 9.00. The van der Waals surface area contributed by atoms with E-state index in [4.69, 9.17) is 14.6 Å². The number of carbonyl (C=O) groups is 2. The number of ether oxygens (including phenoxy) is 2. The van der Waals surface area contributed by atoms with Crippen molar-refractivity contribution in [3.05, 3.63) is 60.7 Å². The van der Waals surface area contributed by atoms with Gasteiger partial charge in [-0.1, -0.05) is 31.8 Å². The molecule has 0 spiro atoms. The number of carbonyl (C=O) groups excluding carboxylic acids is 1. The second kappa shape index (κ2) is 15.3. The number of morpholine rings is 1. The predicted octanol–water partition coefficient (Wildman–Crippen LogP) is 5.89. The number of amides is 2. The Balaban J connectivity index is 1.17. The van der Waals surface area contributed by atoms with E-state index < -0.39 is 14.2 Å². The summed E-state index contributed by atoms with van der Waals surface area (Å²) in [5, 5.41) is 19.1. The molecule has 0 unspecified atom stereocenters. The molecule has 1 saturated heterocycles. The number of nitrogens with zero attached hydrogens (tertiary/aromatic N) is 5. The summed E-state index contributed by atoms with van der Waals surface area (Å²) in [5.41, 5.74) is 4.45. The maximum absolute atomic E-state index is 13.2. The molecule has 1 aromatic carbocycles. The molecule has 2 amide bonds. The van der Waals surface area contributed by atoms with Gasteiger partial charge in [-0.05, 0) is 67.6 Å². The number of hydrogen-bond acceptors (Lipinski definition) is 9. The number of aromatic nitrogens is 4. The Morgan fingerprint density at radius 1 is 1.00 bits per heavy atom. The van der Waals surface area contributed by atoms with Gasteiger partial charge < -0.3 is 40.0 Å². The molecular formula is C35H46N8O5Si. The largest absolute Gasteiger partial charge is 0.465 e.